The lowest BCUT2D eigenvalue weighted by molar-refractivity contribution is 0.320. The topological polar surface area (TPSA) is 58.9 Å². The summed E-state index contributed by atoms with van der Waals surface area (Å²) >= 11 is 0. The number of methoxy groups -OCH3 is 1. The minimum absolute atomic E-state index is 0.123. The fraction of sp³-hybridized carbons (Fsp3) is 0.111. The van der Waals surface area contributed by atoms with Gasteiger partial charge < -0.3 is 9.94 Å². The number of benzene rings is 1. The lowest BCUT2D eigenvalue weighted by Gasteiger charge is -1.99. The number of hydrogen-bond donors (Lipinski definition) is 1. The van der Waals surface area contributed by atoms with Gasteiger partial charge in [0.05, 0.1) is 7.11 Å². The van der Waals surface area contributed by atoms with Gasteiger partial charge in [-0.2, -0.15) is 0 Å². The molecule has 1 radical (unpaired) electrons. The Balaban J connectivity index is 2.97. The van der Waals surface area contributed by atoms with E-state index in [-0.39, 0.29) is 5.71 Å². The van der Waals surface area contributed by atoms with Crippen LogP contribution in [0.5, 0.6) is 5.75 Å². The molecule has 0 spiro atoms. The fourth-order valence-corrected chi connectivity index (χ4v) is 0.886. The molecule has 67 valence electrons. The fourth-order valence-electron chi connectivity index (χ4n) is 0.886. The molecule has 0 atom stereocenters. The quantitative estimate of drug-likeness (QED) is 0.426. The van der Waals surface area contributed by atoms with Crippen molar-refractivity contribution < 1.29 is 14.7 Å². The van der Waals surface area contributed by atoms with Gasteiger partial charge in [-0.15, -0.1) is 0 Å². The van der Waals surface area contributed by atoms with Crippen LogP contribution >= 0.6 is 0 Å². The van der Waals surface area contributed by atoms with E-state index >= 15 is 0 Å². The number of rotatable bonds is 3. The van der Waals surface area contributed by atoms with Gasteiger partial charge in [-0.05, 0) is 24.3 Å². The van der Waals surface area contributed by atoms with E-state index in [9.17, 15) is 4.79 Å². The van der Waals surface area contributed by atoms with Crippen molar-refractivity contribution >= 4 is 12.0 Å². The van der Waals surface area contributed by atoms with E-state index in [1.54, 1.807) is 31.4 Å². The Morgan fingerprint density at radius 1 is 1.46 bits per heavy atom. The van der Waals surface area contributed by atoms with Gasteiger partial charge in [-0.25, -0.2) is 0 Å². The maximum Gasteiger partial charge on any atom is 0.257 e. The van der Waals surface area contributed by atoms with Gasteiger partial charge in [0.15, 0.2) is 5.71 Å². The molecule has 1 rings (SSSR count). The molecule has 0 bridgehead atoms. The van der Waals surface area contributed by atoms with Gasteiger partial charge in [0.1, 0.15) is 5.75 Å². The Hall–Kier alpha value is -1.84. The SMILES string of the molecule is COc1ccc(/C([C]=O)=N\O)cc1. The molecule has 0 amide bonds. The molecule has 0 heterocycles. The molecule has 0 aromatic heterocycles. The second kappa shape index (κ2) is 4.25. The Morgan fingerprint density at radius 3 is 2.46 bits per heavy atom. The summed E-state index contributed by atoms with van der Waals surface area (Å²) in [7, 11) is 1.54. The summed E-state index contributed by atoms with van der Waals surface area (Å²) in [6.45, 7) is 0. The highest BCUT2D eigenvalue weighted by atomic mass is 16.5. The molecule has 0 saturated heterocycles. The molecule has 1 aromatic rings. The predicted octanol–water partition coefficient (Wildman–Crippen LogP) is 0.983. The van der Waals surface area contributed by atoms with E-state index in [1.807, 2.05) is 0 Å². The lowest BCUT2D eigenvalue weighted by atomic mass is 10.1. The highest BCUT2D eigenvalue weighted by molar-refractivity contribution is 6.36. The third-order valence-corrected chi connectivity index (χ3v) is 1.56. The lowest BCUT2D eigenvalue weighted by Crippen LogP contribution is -2.01. The van der Waals surface area contributed by atoms with Gasteiger partial charge in [0.2, 0.25) is 0 Å². The summed E-state index contributed by atoms with van der Waals surface area (Å²) in [4.78, 5) is 10.2. The average molecular weight is 178 g/mol. The number of nitrogens with zero attached hydrogens (tertiary/aromatic N) is 1. The minimum Gasteiger partial charge on any atom is -0.497 e. The maximum atomic E-state index is 10.2. The minimum atomic E-state index is -0.123. The van der Waals surface area contributed by atoms with Crippen LogP contribution in [0.2, 0.25) is 0 Å². The van der Waals surface area contributed by atoms with Crippen LogP contribution in [0, 0.1) is 0 Å². The van der Waals surface area contributed by atoms with Crippen LogP contribution in [0.4, 0.5) is 0 Å². The van der Waals surface area contributed by atoms with Crippen molar-refractivity contribution in [3.05, 3.63) is 29.8 Å². The van der Waals surface area contributed by atoms with Gasteiger partial charge >= 0.3 is 0 Å². The molecule has 13 heavy (non-hydrogen) atoms. The van der Waals surface area contributed by atoms with E-state index in [4.69, 9.17) is 9.94 Å². The molecular formula is C9H8NO3. The molecule has 1 N–H and O–H groups in total. The van der Waals surface area contributed by atoms with Gasteiger partial charge in [-0.1, -0.05) is 5.16 Å². The Labute approximate surface area is 75.4 Å². The Kier molecular flexibility index (Phi) is 3.03. The molecule has 1 aromatic carbocycles. The zero-order chi connectivity index (χ0) is 9.68. The first kappa shape index (κ1) is 9.25. The summed E-state index contributed by atoms with van der Waals surface area (Å²) in [5.41, 5.74) is 0.376. The molecule has 4 nitrogen and oxygen atoms in total. The van der Waals surface area contributed by atoms with Crippen LogP contribution in [0.15, 0.2) is 29.4 Å². The van der Waals surface area contributed by atoms with E-state index in [2.05, 4.69) is 5.16 Å². The highest BCUT2D eigenvalue weighted by Gasteiger charge is 2.03. The second-order valence-corrected chi connectivity index (χ2v) is 2.28. The largest absolute Gasteiger partial charge is 0.497 e. The standard InChI is InChI=1S/C9H8NO3/c1-13-8-4-2-7(3-5-8)9(6-11)10-12/h2-5,12H,1H3/b10-9-. The van der Waals surface area contributed by atoms with Crippen LogP contribution in [-0.4, -0.2) is 24.3 Å². The zero-order valence-electron chi connectivity index (χ0n) is 7.02. The third kappa shape index (κ3) is 2.05. The second-order valence-electron chi connectivity index (χ2n) is 2.28. The number of hydrogen-bond acceptors (Lipinski definition) is 4. The monoisotopic (exact) mass is 178 g/mol. The highest BCUT2D eigenvalue weighted by Crippen LogP contribution is 2.11. The number of carbonyl (C=O) groups excluding carboxylic acids is 1. The first-order valence-electron chi connectivity index (χ1n) is 3.56. The first-order chi connectivity index (χ1) is 6.31. The molecule has 0 aliphatic carbocycles. The van der Waals surface area contributed by atoms with Crippen molar-refractivity contribution in [3.63, 3.8) is 0 Å². The van der Waals surface area contributed by atoms with Crippen molar-refractivity contribution in [3.8, 4) is 5.75 Å². The smallest absolute Gasteiger partial charge is 0.257 e. The van der Waals surface area contributed by atoms with Crippen molar-refractivity contribution in [2.75, 3.05) is 7.11 Å². The molecule has 0 aliphatic heterocycles. The van der Waals surface area contributed by atoms with Crippen LogP contribution in [0.1, 0.15) is 5.56 Å². The number of oxime groups is 1. The maximum absolute atomic E-state index is 10.2. The molecule has 0 fully saturated rings. The summed E-state index contributed by atoms with van der Waals surface area (Å²) < 4.78 is 4.92. The summed E-state index contributed by atoms with van der Waals surface area (Å²) in [5, 5.41) is 11.2. The van der Waals surface area contributed by atoms with E-state index in [0.29, 0.717) is 11.3 Å². The normalized spacial score (nSPS) is 11.0. The van der Waals surface area contributed by atoms with Gasteiger partial charge in [0, 0.05) is 5.56 Å². The first-order valence-corrected chi connectivity index (χ1v) is 3.56. The zero-order valence-corrected chi connectivity index (χ0v) is 7.02. The average Bonchev–Trinajstić information content (AvgIpc) is 2.21. The molecular weight excluding hydrogens is 170 g/mol. The van der Waals surface area contributed by atoms with Crippen molar-refractivity contribution in [1.82, 2.24) is 0 Å². The van der Waals surface area contributed by atoms with Crippen LogP contribution < -0.4 is 4.74 Å². The van der Waals surface area contributed by atoms with E-state index < -0.39 is 0 Å². The van der Waals surface area contributed by atoms with Crippen LogP contribution in [0.3, 0.4) is 0 Å². The van der Waals surface area contributed by atoms with Crippen molar-refractivity contribution in [2.45, 2.75) is 0 Å². The summed E-state index contributed by atoms with van der Waals surface area (Å²) in [6, 6.07) is 6.55. The van der Waals surface area contributed by atoms with E-state index in [1.165, 1.54) is 6.29 Å². The Morgan fingerprint density at radius 2 is 2.08 bits per heavy atom. The van der Waals surface area contributed by atoms with E-state index in [0.717, 1.165) is 0 Å². The predicted molar refractivity (Wildman–Crippen MR) is 47.0 cm³/mol. The Bertz CT molecular complexity index is 316. The van der Waals surface area contributed by atoms with Gasteiger partial charge in [0.25, 0.3) is 6.29 Å². The summed E-state index contributed by atoms with van der Waals surface area (Å²) in [5.74, 6) is 0.673. The van der Waals surface area contributed by atoms with Crippen LogP contribution in [-0.2, 0) is 4.79 Å². The van der Waals surface area contributed by atoms with Crippen molar-refractivity contribution in [1.29, 1.82) is 0 Å². The molecule has 0 aliphatic rings. The van der Waals surface area contributed by atoms with Gasteiger partial charge in [-0.3, -0.25) is 4.79 Å². The number of ether oxygens (including phenoxy) is 1. The van der Waals surface area contributed by atoms with Crippen LogP contribution in [0.25, 0.3) is 0 Å². The molecule has 4 heteroatoms. The molecule has 0 unspecified atom stereocenters. The van der Waals surface area contributed by atoms with Crippen molar-refractivity contribution in [2.24, 2.45) is 5.16 Å². The summed E-state index contributed by atoms with van der Waals surface area (Å²) in [6.07, 6.45) is 1.51. The third-order valence-electron chi connectivity index (χ3n) is 1.56. The molecule has 0 saturated carbocycles.